The normalized spacial score (nSPS) is 15.3. The van der Waals surface area contributed by atoms with Gasteiger partial charge in [0.05, 0.1) is 31.8 Å². The van der Waals surface area contributed by atoms with E-state index in [0.29, 0.717) is 49.0 Å². The van der Waals surface area contributed by atoms with Crippen molar-refractivity contribution in [1.82, 2.24) is 25.0 Å². The number of aryl methyl sites for hydroxylation is 1. The summed E-state index contributed by atoms with van der Waals surface area (Å²) in [7, 11) is 1.26. The van der Waals surface area contributed by atoms with Gasteiger partial charge in [0, 0.05) is 29.6 Å². The molecule has 11 nitrogen and oxygen atoms in total. The quantitative estimate of drug-likeness (QED) is 0.549. The number of methoxy groups -OCH3 is 1. The topological polar surface area (TPSA) is 132 Å². The Kier molecular flexibility index (Phi) is 6.36. The first-order valence-corrected chi connectivity index (χ1v) is 10.4. The Morgan fingerprint density at radius 1 is 1.21 bits per heavy atom. The molecule has 3 N–H and O–H groups in total. The first kappa shape index (κ1) is 22.4. The van der Waals surface area contributed by atoms with Crippen LogP contribution in [0.1, 0.15) is 24.1 Å². The number of nitrogens with one attached hydrogen (secondary N) is 1. The molecule has 1 aromatic carbocycles. The molecule has 0 aliphatic carbocycles. The van der Waals surface area contributed by atoms with Gasteiger partial charge in [-0.3, -0.25) is 0 Å². The predicted molar refractivity (Wildman–Crippen MR) is 120 cm³/mol. The lowest BCUT2D eigenvalue weighted by Gasteiger charge is -2.35. The van der Waals surface area contributed by atoms with Crippen LogP contribution in [0.3, 0.4) is 0 Å². The highest BCUT2D eigenvalue weighted by Crippen LogP contribution is 2.32. The Morgan fingerprint density at radius 2 is 1.97 bits per heavy atom. The molecule has 0 radical (unpaired) electrons. The number of hydrogen-bond donors (Lipinski definition) is 2. The molecule has 1 saturated heterocycles. The Hall–Kier alpha value is -3.80. The summed E-state index contributed by atoms with van der Waals surface area (Å²) in [4.78, 5) is 35.5. The summed E-state index contributed by atoms with van der Waals surface area (Å²) in [5.74, 6) is 0.852. The molecule has 0 saturated carbocycles. The predicted octanol–water partition coefficient (Wildman–Crippen LogP) is 2.44. The highest BCUT2D eigenvalue weighted by molar-refractivity contribution is 5.85. The maximum atomic E-state index is 14.2. The lowest BCUT2D eigenvalue weighted by atomic mass is 10.0. The van der Waals surface area contributed by atoms with E-state index in [0.717, 1.165) is 10.9 Å². The number of anilines is 3. The summed E-state index contributed by atoms with van der Waals surface area (Å²) >= 11 is 0. The molecule has 0 spiro atoms. The number of carbonyl (C=O) groups excluding carboxylic acids is 1. The van der Waals surface area contributed by atoms with Crippen LogP contribution in [0.2, 0.25) is 0 Å². The fourth-order valence-corrected chi connectivity index (χ4v) is 3.72. The van der Waals surface area contributed by atoms with E-state index in [2.05, 4.69) is 29.9 Å². The minimum atomic E-state index is -0.756. The highest BCUT2D eigenvalue weighted by Gasteiger charge is 2.26. The fraction of sp³-hybridized carbons (Fsp3) is 0.381. The van der Waals surface area contributed by atoms with Crippen LogP contribution >= 0.6 is 0 Å². The van der Waals surface area contributed by atoms with E-state index in [9.17, 15) is 9.18 Å². The van der Waals surface area contributed by atoms with Crippen molar-refractivity contribution in [3.63, 3.8) is 0 Å². The van der Waals surface area contributed by atoms with Crippen LogP contribution in [0.25, 0.3) is 10.9 Å². The second-order valence-corrected chi connectivity index (χ2v) is 7.64. The molecule has 3 aromatic rings. The zero-order valence-corrected chi connectivity index (χ0v) is 18.6. The third-order valence-electron chi connectivity index (χ3n) is 5.49. The van der Waals surface area contributed by atoms with Crippen molar-refractivity contribution >= 4 is 34.8 Å². The molecule has 1 atom stereocenters. The summed E-state index contributed by atoms with van der Waals surface area (Å²) in [6, 6.07) is 4.90. The van der Waals surface area contributed by atoms with Gasteiger partial charge >= 0.3 is 6.16 Å². The molecule has 0 bridgehead atoms. The van der Waals surface area contributed by atoms with Crippen molar-refractivity contribution in [1.29, 1.82) is 0 Å². The van der Waals surface area contributed by atoms with Crippen molar-refractivity contribution in [3.05, 3.63) is 41.5 Å². The Morgan fingerprint density at radius 3 is 2.67 bits per heavy atom. The standard InChI is InChI=1S/C21H25FN8O3/c1-12-16(22)5-4-14-10-15(13(2)26-20-25-11-24-19(23)28-20)18(27-17(12)14)29-6-8-30(9-7-29)33-21(31)32-3/h4-5,10-11,13H,6-9H2,1-3H3,(H3,23,24,25,26,28)/t13-/m0/s1. The summed E-state index contributed by atoms with van der Waals surface area (Å²) in [5.41, 5.74) is 7.64. The van der Waals surface area contributed by atoms with Gasteiger partial charge in [0.1, 0.15) is 18.0 Å². The van der Waals surface area contributed by atoms with Gasteiger partial charge in [-0.1, -0.05) is 0 Å². The SMILES string of the molecule is COC(=O)ON1CCN(c2nc3c(C)c(F)ccc3cc2[C@H](C)Nc2ncnc(N)n2)CC1. The summed E-state index contributed by atoms with van der Waals surface area (Å²) in [6.45, 7) is 5.68. The van der Waals surface area contributed by atoms with Crippen LogP contribution in [0.4, 0.5) is 26.9 Å². The number of ether oxygens (including phenoxy) is 1. The minimum Gasteiger partial charge on any atom is -0.436 e. The number of hydrogen-bond acceptors (Lipinski definition) is 11. The zero-order chi connectivity index (χ0) is 23.5. The largest absolute Gasteiger partial charge is 0.527 e. The number of carbonyl (C=O) groups is 1. The van der Waals surface area contributed by atoms with Crippen molar-refractivity contribution < 1.29 is 18.8 Å². The molecule has 0 amide bonds. The van der Waals surface area contributed by atoms with Gasteiger partial charge in [0.2, 0.25) is 11.9 Å². The molecule has 33 heavy (non-hydrogen) atoms. The van der Waals surface area contributed by atoms with E-state index in [-0.39, 0.29) is 17.8 Å². The first-order chi connectivity index (χ1) is 15.9. The van der Waals surface area contributed by atoms with Gasteiger partial charge in [-0.25, -0.2) is 24.1 Å². The molecule has 1 fully saturated rings. The van der Waals surface area contributed by atoms with Crippen LogP contribution in [0, 0.1) is 12.7 Å². The second-order valence-electron chi connectivity index (χ2n) is 7.64. The van der Waals surface area contributed by atoms with Crippen LogP contribution in [-0.2, 0) is 9.57 Å². The van der Waals surface area contributed by atoms with Crippen LogP contribution in [0.15, 0.2) is 24.5 Å². The second kappa shape index (κ2) is 9.36. The van der Waals surface area contributed by atoms with E-state index >= 15 is 0 Å². The fourth-order valence-electron chi connectivity index (χ4n) is 3.72. The van der Waals surface area contributed by atoms with E-state index in [4.69, 9.17) is 15.6 Å². The van der Waals surface area contributed by atoms with E-state index < -0.39 is 6.16 Å². The zero-order valence-electron chi connectivity index (χ0n) is 18.6. The van der Waals surface area contributed by atoms with Crippen molar-refractivity contribution in [2.75, 3.05) is 49.2 Å². The van der Waals surface area contributed by atoms with Gasteiger partial charge in [-0.05, 0) is 32.0 Å². The number of benzene rings is 1. The third-order valence-corrected chi connectivity index (χ3v) is 5.49. The monoisotopic (exact) mass is 456 g/mol. The molecule has 1 aliphatic rings. The molecule has 4 rings (SSSR count). The van der Waals surface area contributed by atoms with Crippen LogP contribution in [0.5, 0.6) is 0 Å². The van der Waals surface area contributed by atoms with Crippen LogP contribution < -0.4 is 16.0 Å². The van der Waals surface area contributed by atoms with E-state index in [1.54, 1.807) is 18.1 Å². The minimum absolute atomic E-state index is 0.115. The molecule has 0 unspecified atom stereocenters. The maximum Gasteiger partial charge on any atom is 0.527 e. The van der Waals surface area contributed by atoms with Crippen molar-refractivity contribution in [3.8, 4) is 0 Å². The molecule has 12 heteroatoms. The first-order valence-electron chi connectivity index (χ1n) is 10.4. The average molecular weight is 456 g/mol. The van der Waals surface area contributed by atoms with Crippen molar-refractivity contribution in [2.45, 2.75) is 19.9 Å². The number of hydroxylamine groups is 2. The molecule has 174 valence electrons. The summed E-state index contributed by atoms with van der Waals surface area (Å²) < 4.78 is 18.8. The number of piperazine rings is 1. The Labute approximate surface area is 189 Å². The highest BCUT2D eigenvalue weighted by atomic mass is 19.1. The van der Waals surface area contributed by atoms with E-state index in [1.807, 2.05) is 13.0 Å². The maximum absolute atomic E-state index is 14.2. The number of nitrogens with zero attached hydrogens (tertiary/aromatic N) is 6. The number of nitrogens with two attached hydrogens (primary N) is 1. The van der Waals surface area contributed by atoms with Crippen molar-refractivity contribution in [2.24, 2.45) is 0 Å². The molecule has 1 aliphatic heterocycles. The third kappa shape index (κ3) is 4.85. The summed E-state index contributed by atoms with van der Waals surface area (Å²) in [5, 5.41) is 5.60. The lowest BCUT2D eigenvalue weighted by Crippen LogP contribution is -2.47. The van der Waals surface area contributed by atoms with Gasteiger partial charge in [0.25, 0.3) is 0 Å². The van der Waals surface area contributed by atoms with Gasteiger partial charge < -0.3 is 25.5 Å². The molecular formula is C21H25FN8O3. The number of aromatic nitrogens is 4. The molecule has 2 aromatic heterocycles. The number of rotatable bonds is 5. The van der Waals surface area contributed by atoms with Gasteiger partial charge in [-0.15, -0.1) is 5.06 Å². The molecular weight excluding hydrogens is 431 g/mol. The summed E-state index contributed by atoms with van der Waals surface area (Å²) in [6.07, 6.45) is 0.581. The number of halogens is 1. The molecule has 3 heterocycles. The Bertz CT molecular complexity index is 1170. The number of fused-ring (bicyclic) bond motifs is 1. The van der Waals surface area contributed by atoms with Gasteiger partial charge in [-0.2, -0.15) is 4.98 Å². The lowest BCUT2D eigenvalue weighted by molar-refractivity contribution is -0.126. The van der Waals surface area contributed by atoms with Gasteiger partial charge in [0.15, 0.2) is 0 Å². The van der Waals surface area contributed by atoms with Crippen LogP contribution in [-0.4, -0.2) is 64.4 Å². The number of pyridine rings is 1. The average Bonchev–Trinajstić information content (AvgIpc) is 2.81. The van der Waals surface area contributed by atoms with E-state index in [1.165, 1.54) is 19.5 Å². The smallest absolute Gasteiger partial charge is 0.436 e. The Balaban J connectivity index is 1.67. The number of nitrogen functional groups attached to an aromatic ring is 1.